The lowest BCUT2D eigenvalue weighted by molar-refractivity contribution is 0.0597. The number of aliphatic imine (C=N–C) groups is 1. The lowest BCUT2D eigenvalue weighted by atomic mass is 10.1. The maximum Gasteiger partial charge on any atom is 0.341 e. The molecule has 0 saturated carbocycles. The van der Waals surface area contributed by atoms with Crippen LogP contribution in [0.4, 0.5) is 0 Å². The van der Waals surface area contributed by atoms with Gasteiger partial charge in [-0.3, -0.25) is 4.99 Å². The van der Waals surface area contributed by atoms with Crippen molar-refractivity contribution < 1.29 is 19.0 Å². The standard InChI is InChI=1S/C21H26ClN3O4/c1-23-21(24-10-9-15-6-7-16(27-2)12-18(15)22)25-13-14-5-8-17(20(26)29-4)19(11-14)28-3/h5-8,11-12H,9-10,13H2,1-4H3,(H2,23,24,25). The molecule has 2 aromatic carbocycles. The first-order chi connectivity index (χ1) is 14.0. The number of hydrogen-bond acceptors (Lipinski definition) is 5. The number of halogens is 1. The van der Waals surface area contributed by atoms with Crippen molar-refractivity contribution in [2.24, 2.45) is 4.99 Å². The molecular weight excluding hydrogens is 394 g/mol. The summed E-state index contributed by atoms with van der Waals surface area (Å²) in [5.41, 5.74) is 2.35. The van der Waals surface area contributed by atoms with Gasteiger partial charge in [-0.1, -0.05) is 23.7 Å². The van der Waals surface area contributed by atoms with Gasteiger partial charge >= 0.3 is 5.97 Å². The van der Waals surface area contributed by atoms with Crippen molar-refractivity contribution in [3.8, 4) is 11.5 Å². The first-order valence-electron chi connectivity index (χ1n) is 9.04. The number of hydrogen-bond donors (Lipinski definition) is 2. The van der Waals surface area contributed by atoms with Crippen LogP contribution in [0.15, 0.2) is 41.4 Å². The summed E-state index contributed by atoms with van der Waals surface area (Å²) in [4.78, 5) is 16.0. The normalized spacial score (nSPS) is 11.0. The van der Waals surface area contributed by atoms with Crippen molar-refractivity contribution in [3.05, 3.63) is 58.1 Å². The quantitative estimate of drug-likeness (QED) is 0.389. The van der Waals surface area contributed by atoms with Gasteiger partial charge in [0.1, 0.15) is 17.1 Å². The molecule has 156 valence electrons. The number of esters is 1. The van der Waals surface area contributed by atoms with Crippen LogP contribution in [0.5, 0.6) is 11.5 Å². The Morgan fingerprint density at radius 1 is 1.07 bits per heavy atom. The molecule has 8 heteroatoms. The molecule has 0 aliphatic heterocycles. The van der Waals surface area contributed by atoms with E-state index in [9.17, 15) is 4.79 Å². The molecule has 0 radical (unpaired) electrons. The van der Waals surface area contributed by atoms with Crippen molar-refractivity contribution in [1.29, 1.82) is 0 Å². The van der Waals surface area contributed by atoms with Crippen LogP contribution in [0, 0.1) is 0 Å². The fraction of sp³-hybridized carbons (Fsp3) is 0.333. The molecule has 0 aliphatic carbocycles. The Morgan fingerprint density at radius 2 is 1.86 bits per heavy atom. The fourth-order valence-corrected chi connectivity index (χ4v) is 2.97. The summed E-state index contributed by atoms with van der Waals surface area (Å²) in [6.45, 7) is 1.18. The van der Waals surface area contributed by atoms with Crippen LogP contribution in [-0.2, 0) is 17.7 Å². The molecule has 0 aromatic heterocycles. The molecule has 2 N–H and O–H groups in total. The van der Waals surface area contributed by atoms with Crippen LogP contribution in [0.2, 0.25) is 5.02 Å². The summed E-state index contributed by atoms with van der Waals surface area (Å²) < 4.78 is 15.2. The Kier molecular flexibility index (Phi) is 8.61. The molecular formula is C21H26ClN3O4. The second-order valence-electron chi connectivity index (χ2n) is 6.09. The van der Waals surface area contributed by atoms with Crippen LogP contribution in [0.3, 0.4) is 0 Å². The molecule has 0 fully saturated rings. The summed E-state index contributed by atoms with van der Waals surface area (Å²) >= 11 is 6.27. The topological polar surface area (TPSA) is 81.2 Å². The maximum absolute atomic E-state index is 11.7. The second-order valence-corrected chi connectivity index (χ2v) is 6.49. The third-order valence-electron chi connectivity index (χ3n) is 4.30. The summed E-state index contributed by atoms with van der Waals surface area (Å²) in [7, 11) is 6.17. The van der Waals surface area contributed by atoms with Gasteiger partial charge in [0.15, 0.2) is 5.96 Å². The highest BCUT2D eigenvalue weighted by atomic mass is 35.5. The van der Waals surface area contributed by atoms with Gasteiger partial charge in [-0.15, -0.1) is 0 Å². The van der Waals surface area contributed by atoms with Gasteiger partial charge in [0.2, 0.25) is 0 Å². The van der Waals surface area contributed by atoms with Crippen molar-refractivity contribution in [2.45, 2.75) is 13.0 Å². The van der Waals surface area contributed by atoms with Gasteiger partial charge in [0.25, 0.3) is 0 Å². The molecule has 0 spiro atoms. The molecule has 0 heterocycles. The zero-order valence-electron chi connectivity index (χ0n) is 17.0. The van der Waals surface area contributed by atoms with Crippen molar-refractivity contribution in [3.63, 3.8) is 0 Å². The third kappa shape index (κ3) is 6.29. The number of methoxy groups -OCH3 is 3. The predicted octanol–water partition coefficient (Wildman–Crippen LogP) is 3.05. The Labute approximate surface area is 176 Å². The van der Waals surface area contributed by atoms with Gasteiger partial charge in [0.05, 0.1) is 21.3 Å². The summed E-state index contributed by atoms with van der Waals surface area (Å²) in [6, 6.07) is 11.0. The van der Waals surface area contributed by atoms with E-state index < -0.39 is 5.97 Å². The lowest BCUT2D eigenvalue weighted by Gasteiger charge is -2.14. The number of guanidine groups is 1. The molecule has 0 saturated heterocycles. The number of benzene rings is 2. The van der Waals surface area contributed by atoms with Gasteiger partial charge < -0.3 is 24.8 Å². The van der Waals surface area contributed by atoms with Gasteiger partial charge in [-0.25, -0.2) is 4.79 Å². The van der Waals surface area contributed by atoms with Crippen molar-refractivity contribution in [1.82, 2.24) is 10.6 Å². The summed E-state index contributed by atoms with van der Waals surface area (Å²) in [6.07, 6.45) is 0.741. The highest BCUT2D eigenvalue weighted by molar-refractivity contribution is 6.31. The van der Waals surface area contributed by atoms with E-state index in [-0.39, 0.29) is 0 Å². The van der Waals surface area contributed by atoms with E-state index in [4.69, 9.17) is 25.8 Å². The maximum atomic E-state index is 11.7. The molecule has 0 amide bonds. The Bertz CT molecular complexity index is 871. The SMILES string of the molecule is CN=C(NCCc1ccc(OC)cc1Cl)NCc1ccc(C(=O)OC)c(OC)c1. The molecule has 2 aromatic rings. The first-order valence-corrected chi connectivity index (χ1v) is 9.42. The highest BCUT2D eigenvalue weighted by Gasteiger charge is 2.13. The number of carbonyl (C=O) groups excluding carboxylic acids is 1. The Balaban J connectivity index is 1.90. The van der Waals surface area contributed by atoms with E-state index >= 15 is 0 Å². The fourth-order valence-electron chi connectivity index (χ4n) is 2.70. The van der Waals surface area contributed by atoms with Gasteiger partial charge in [-0.2, -0.15) is 0 Å². The Morgan fingerprint density at radius 3 is 2.48 bits per heavy atom. The van der Waals surface area contributed by atoms with Crippen LogP contribution < -0.4 is 20.1 Å². The molecule has 7 nitrogen and oxygen atoms in total. The van der Waals surface area contributed by atoms with Crippen LogP contribution in [0.1, 0.15) is 21.5 Å². The molecule has 2 rings (SSSR count). The summed E-state index contributed by atoms with van der Waals surface area (Å²) in [5.74, 6) is 1.42. The zero-order valence-corrected chi connectivity index (χ0v) is 17.8. The molecule has 0 bridgehead atoms. The van der Waals surface area contributed by atoms with Crippen molar-refractivity contribution in [2.75, 3.05) is 34.9 Å². The monoisotopic (exact) mass is 419 g/mol. The third-order valence-corrected chi connectivity index (χ3v) is 4.65. The minimum Gasteiger partial charge on any atom is -0.497 e. The van der Waals surface area contributed by atoms with E-state index in [0.29, 0.717) is 35.4 Å². The number of carbonyl (C=O) groups is 1. The summed E-state index contributed by atoms with van der Waals surface area (Å²) in [5, 5.41) is 7.16. The molecule has 0 aliphatic rings. The van der Waals surface area contributed by atoms with Crippen LogP contribution in [-0.4, -0.2) is 46.9 Å². The smallest absolute Gasteiger partial charge is 0.341 e. The number of rotatable bonds is 8. The van der Waals surface area contributed by atoms with E-state index in [1.54, 1.807) is 32.4 Å². The zero-order chi connectivity index (χ0) is 21.2. The molecule has 0 atom stereocenters. The van der Waals surface area contributed by atoms with Gasteiger partial charge in [0, 0.05) is 25.2 Å². The minimum atomic E-state index is -0.434. The largest absolute Gasteiger partial charge is 0.497 e. The average molecular weight is 420 g/mol. The molecule has 29 heavy (non-hydrogen) atoms. The molecule has 0 unspecified atom stereocenters. The van der Waals surface area contributed by atoms with Crippen molar-refractivity contribution >= 4 is 23.5 Å². The highest BCUT2D eigenvalue weighted by Crippen LogP contribution is 2.23. The van der Waals surface area contributed by atoms with E-state index in [1.165, 1.54) is 14.2 Å². The first kappa shape index (κ1) is 22.4. The van der Waals surface area contributed by atoms with E-state index in [0.717, 1.165) is 23.3 Å². The average Bonchev–Trinajstić information content (AvgIpc) is 2.76. The lowest BCUT2D eigenvalue weighted by Crippen LogP contribution is -2.37. The second kappa shape index (κ2) is 11.2. The minimum absolute atomic E-state index is 0.387. The van der Waals surface area contributed by atoms with E-state index in [1.807, 2.05) is 18.2 Å². The van der Waals surface area contributed by atoms with Crippen LogP contribution >= 0.6 is 11.6 Å². The Hall–Kier alpha value is -2.93. The van der Waals surface area contributed by atoms with Gasteiger partial charge in [-0.05, 0) is 41.8 Å². The van der Waals surface area contributed by atoms with E-state index in [2.05, 4.69) is 15.6 Å². The predicted molar refractivity (Wildman–Crippen MR) is 114 cm³/mol. The van der Waals surface area contributed by atoms with Crippen LogP contribution in [0.25, 0.3) is 0 Å². The number of nitrogens with one attached hydrogen (secondary N) is 2. The number of nitrogens with zero attached hydrogens (tertiary/aromatic N) is 1. The number of ether oxygens (including phenoxy) is 3.